The van der Waals surface area contributed by atoms with Crippen molar-refractivity contribution < 1.29 is 19.4 Å². The highest BCUT2D eigenvalue weighted by Gasteiger charge is 2.14. The lowest BCUT2D eigenvalue weighted by Crippen LogP contribution is -2.09. The summed E-state index contributed by atoms with van der Waals surface area (Å²) in [5, 5.41) is 9.05. The number of benzene rings is 1. The lowest BCUT2D eigenvalue weighted by Gasteiger charge is -2.12. The molecule has 110 valence electrons. The van der Waals surface area contributed by atoms with E-state index >= 15 is 0 Å². The fraction of sp³-hybridized carbons (Fsp3) is 0.467. The summed E-state index contributed by atoms with van der Waals surface area (Å²) in [6.07, 6.45) is 0.462. The zero-order chi connectivity index (χ0) is 15.1. The van der Waals surface area contributed by atoms with Gasteiger partial charge in [-0.3, -0.25) is 9.59 Å². The molecule has 0 bridgehead atoms. The molecular formula is C15H19ClO4. The third-order valence-corrected chi connectivity index (χ3v) is 2.84. The lowest BCUT2D eigenvalue weighted by atomic mass is 10.0. The van der Waals surface area contributed by atoms with Gasteiger partial charge in [0.25, 0.3) is 0 Å². The number of aliphatic carboxylic acids is 1. The van der Waals surface area contributed by atoms with E-state index in [4.69, 9.17) is 21.4 Å². The third-order valence-electron chi connectivity index (χ3n) is 2.61. The van der Waals surface area contributed by atoms with E-state index in [1.807, 2.05) is 13.8 Å². The van der Waals surface area contributed by atoms with Crippen LogP contribution in [-0.4, -0.2) is 23.5 Å². The van der Waals surface area contributed by atoms with Crippen LogP contribution in [0.25, 0.3) is 0 Å². The van der Waals surface area contributed by atoms with E-state index in [0.29, 0.717) is 35.3 Å². The predicted molar refractivity (Wildman–Crippen MR) is 77.6 cm³/mol. The first-order valence-electron chi connectivity index (χ1n) is 6.57. The Morgan fingerprint density at radius 3 is 2.60 bits per heavy atom. The Labute approximate surface area is 123 Å². The Morgan fingerprint density at radius 1 is 1.30 bits per heavy atom. The van der Waals surface area contributed by atoms with Crippen LogP contribution in [0.1, 0.15) is 43.5 Å². The van der Waals surface area contributed by atoms with Gasteiger partial charge in [0.1, 0.15) is 5.75 Å². The van der Waals surface area contributed by atoms with Crippen molar-refractivity contribution in [1.82, 2.24) is 0 Å². The molecule has 0 heterocycles. The second-order valence-electron chi connectivity index (χ2n) is 5.02. The van der Waals surface area contributed by atoms with Crippen molar-refractivity contribution in [3.8, 4) is 5.75 Å². The molecule has 0 aliphatic heterocycles. The van der Waals surface area contributed by atoms with Crippen LogP contribution in [0.15, 0.2) is 18.2 Å². The van der Waals surface area contributed by atoms with Crippen LogP contribution in [0.3, 0.4) is 0 Å². The van der Waals surface area contributed by atoms with Crippen LogP contribution >= 0.6 is 11.6 Å². The maximum Gasteiger partial charge on any atom is 0.303 e. The second-order valence-corrected chi connectivity index (χ2v) is 5.45. The predicted octanol–water partition coefficient (Wildman–Crippen LogP) is 3.81. The van der Waals surface area contributed by atoms with E-state index in [9.17, 15) is 9.59 Å². The van der Waals surface area contributed by atoms with Crippen molar-refractivity contribution in [2.75, 3.05) is 6.61 Å². The first-order valence-corrected chi connectivity index (χ1v) is 6.95. The number of carboxylic acids is 1. The largest absolute Gasteiger partial charge is 0.493 e. The smallest absolute Gasteiger partial charge is 0.303 e. The fourth-order valence-electron chi connectivity index (χ4n) is 1.64. The number of rotatable bonds is 8. The number of hydrogen-bond acceptors (Lipinski definition) is 3. The number of carbonyl (C=O) groups is 2. The van der Waals surface area contributed by atoms with Crippen molar-refractivity contribution >= 4 is 23.4 Å². The normalized spacial score (nSPS) is 10.6. The molecule has 0 aliphatic rings. The molecule has 4 nitrogen and oxygen atoms in total. The summed E-state index contributed by atoms with van der Waals surface area (Å²) < 4.78 is 5.61. The summed E-state index contributed by atoms with van der Waals surface area (Å²) in [7, 11) is 0. The highest BCUT2D eigenvalue weighted by molar-refractivity contribution is 6.31. The Balaban J connectivity index is 2.77. The number of ketones is 1. The number of carbonyl (C=O) groups excluding carboxylic acids is 1. The summed E-state index contributed by atoms with van der Waals surface area (Å²) in [4.78, 5) is 22.6. The Hall–Kier alpha value is -1.55. The monoisotopic (exact) mass is 298 g/mol. The quantitative estimate of drug-likeness (QED) is 0.741. The average molecular weight is 299 g/mol. The molecule has 1 aromatic rings. The van der Waals surface area contributed by atoms with E-state index in [-0.39, 0.29) is 18.6 Å². The van der Waals surface area contributed by atoms with Crippen LogP contribution in [0.4, 0.5) is 0 Å². The molecule has 1 aromatic carbocycles. The second kappa shape index (κ2) is 7.90. The number of Topliss-reactive ketones (excluding diaryl/α,β-unsaturated/α-hetero) is 1. The van der Waals surface area contributed by atoms with Gasteiger partial charge >= 0.3 is 5.97 Å². The van der Waals surface area contributed by atoms with E-state index < -0.39 is 5.97 Å². The molecule has 0 saturated heterocycles. The fourth-order valence-corrected chi connectivity index (χ4v) is 1.81. The van der Waals surface area contributed by atoms with Crippen LogP contribution in [0.2, 0.25) is 5.02 Å². The minimum Gasteiger partial charge on any atom is -0.493 e. The van der Waals surface area contributed by atoms with Crippen molar-refractivity contribution in [3.05, 3.63) is 28.8 Å². The van der Waals surface area contributed by atoms with Gasteiger partial charge in [-0.1, -0.05) is 25.4 Å². The van der Waals surface area contributed by atoms with Gasteiger partial charge in [0, 0.05) is 17.9 Å². The van der Waals surface area contributed by atoms with Crippen molar-refractivity contribution in [2.24, 2.45) is 5.92 Å². The molecule has 0 aliphatic carbocycles. The highest BCUT2D eigenvalue weighted by Crippen LogP contribution is 2.25. The molecule has 0 amide bonds. The Bertz CT molecular complexity index is 483. The van der Waals surface area contributed by atoms with Gasteiger partial charge in [-0.25, -0.2) is 0 Å². The molecule has 0 unspecified atom stereocenters. The average Bonchev–Trinajstić information content (AvgIpc) is 2.36. The zero-order valence-electron chi connectivity index (χ0n) is 11.7. The number of hydrogen-bond donors (Lipinski definition) is 1. The minimum absolute atomic E-state index is 0.0194. The first-order chi connectivity index (χ1) is 9.40. The number of halogens is 1. The van der Waals surface area contributed by atoms with Crippen LogP contribution in [0.5, 0.6) is 5.75 Å². The van der Waals surface area contributed by atoms with Gasteiger partial charge in [-0.05, 0) is 30.5 Å². The van der Waals surface area contributed by atoms with Gasteiger partial charge in [0.05, 0.1) is 12.2 Å². The molecule has 1 rings (SSSR count). The van der Waals surface area contributed by atoms with E-state index in [1.165, 1.54) is 0 Å². The molecular weight excluding hydrogens is 280 g/mol. The standard InChI is InChI=1S/C15H19ClO4/c1-10(2)9-20-14-7-6-11(16)8-12(14)13(17)4-3-5-15(18)19/h6-8,10H,3-5,9H2,1-2H3,(H,18,19). The first kappa shape index (κ1) is 16.5. The van der Waals surface area contributed by atoms with Crippen molar-refractivity contribution in [1.29, 1.82) is 0 Å². The van der Waals surface area contributed by atoms with Gasteiger partial charge in [0.15, 0.2) is 5.78 Å². The molecule has 0 atom stereocenters. The summed E-state index contributed by atoms with van der Waals surface area (Å²) >= 11 is 5.91. The molecule has 0 fully saturated rings. The van der Waals surface area contributed by atoms with Crippen molar-refractivity contribution in [3.63, 3.8) is 0 Å². The molecule has 0 saturated carbocycles. The molecule has 0 spiro atoms. The summed E-state index contributed by atoms with van der Waals surface area (Å²) in [6, 6.07) is 4.92. The molecule has 0 aromatic heterocycles. The number of carboxylic acid groups (broad SMARTS) is 1. The minimum atomic E-state index is -0.903. The molecule has 0 radical (unpaired) electrons. The van der Waals surface area contributed by atoms with Gasteiger partial charge in [-0.2, -0.15) is 0 Å². The molecule has 5 heteroatoms. The summed E-state index contributed by atoms with van der Waals surface area (Å²) in [5.74, 6) is -0.197. The maximum absolute atomic E-state index is 12.1. The van der Waals surface area contributed by atoms with Gasteiger partial charge < -0.3 is 9.84 Å². The van der Waals surface area contributed by atoms with Crippen LogP contribution < -0.4 is 4.74 Å². The van der Waals surface area contributed by atoms with E-state index in [1.54, 1.807) is 18.2 Å². The maximum atomic E-state index is 12.1. The van der Waals surface area contributed by atoms with Gasteiger partial charge in [-0.15, -0.1) is 0 Å². The zero-order valence-corrected chi connectivity index (χ0v) is 12.4. The molecule has 1 N–H and O–H groups in total. The van der Waals surface area contributed by atoms with Crippen molar-refractivity contribution in [2.45, 2.75) is 33.1 Å². The molecule has 20 heavy (non-hydrogen) atoms. The SMILES string of the molecule is CC(C)COc1ccc(Cl)cc1C(=O)CCCC(=O)O. The van der Waals surface area contributed by atoms with Gasteiger partial charge in [0.2, 0.25) is 0 Å². The third kappa shape index (κ3) is 5.61. The Kier molecular flexibility index (Phi) is 6.52. The van der Waals surface area contributed by atoms with E-state index in [2.05, 4.69) is 0 Å². The lowest BCUT2D eigenvalue weighted by molar-refractivity contribution is -0.137. The van der Waals surface area contributed by atoms with E-state index in [0.717, 1.165) is 0 Å². The summed E-state index contributed by atoms with van der Waals surface area (Å²) in [6.45, 7) is 4.55. The summed E-state index contributed by atoms with van der Waals surface area (Å²) in [5.41, 5.74) is 0.420. The topological polar surface area (TPSA) is 63.6 Å². The van der Waals surface area contributed by atoms with Crippen LogP contribution in [0, 0.1) is 5.92 Å². The Morgan fingerprint density at radius 2 is 2.00 bits per heavy atom. The highest BCUT2D eigenvalue weighted by atomic mass is 35.5. The number of ether oxygens (including phenoxy) is 1. The van der Waals surface area contributed by atoms with Crippen LogP contribution in [-0.2, 0) is 4.79 Å².